The van der Waals surface area contributed by atoms with E-state index in [0.717, 1.165) is 25.7 Å². The van der Waals surface area contributed by atoms with Gasteiger partial charge in [-0.25, -0.2) is 0 Å². The maximum atomic E-state index is 11.3. The average molecular weight is 562 g/mol. The van der Waals surface area contributed by atoms with Crippen molar-refractivity contribution in [3.63, 3.8) is 0 Å². The monoisotopic (exact) mass is 562 g/mol. The van der Waals surface area contributed by atoms with Crippen molar-refractivity contribution in [2.75, 3.05) is 7.11 Å². The normalized spacial score (nSPS) is 12.0. The van der Waals surface area contributed by atoms with Gasteiger partial charge in [0.05, 0.1) is 11.7 Å². The van der Waals surface area contributed by atoms with Gasteiger partial charge in [0, 0.05) is 20.0 Å². The third kappa shape index (κ3) is 9.50. The number of methoxy groups -OCH3 is 1. The number of hydrogen-bond acceptors (Lipinski definition) is 2. The van der Waals surface area contributed by atoms with Gasteiger partial charge in [0.2, 0.25) is 0 Å². The first-order valence-electron chi connectivity index (χ1n) is 8.77. The summed E-state index contributed by atoms with van der Waals surface area (Å²) < 4.78 is 5.20. The number of aliphatic hydroxyl groups is 1. The van der Waals surface area contributed by atoms with Crippen LogP contribution in [0.1, 0.15) is 36.8 Å². The van der Waals surface area contributed by atoms with E-state index in [1.54, 1.807) is 7.11 Å². The topological polar surface area (TPSA) is 29.5 Å². The smallest absolute Gasteiger partial charge is 1.00 e. The number of hydrogen-bond donors (Lipinski definition) is 1. The minimum Gasteiger partial charge on any atom is -1.00 e. The molecule has 4 heteroatoms. The Bertz CT molecular complexity index is 536. The van der Waals surface area contributed by atoms with Crippen molar-refractivity contribution in [3.05, 3.63) is 78.7 Å². The molecule has 26 heavy (non-hydrogen) atoms. The SMILES string of the molecule is [CH2]C(CCCCC(O)(Cc1ccccc1)Cc1ccccc1)OC.[Cl-].[Hg+]. The van der Waals surface area contributed by atoms with Crippen LogP contribution in [0, 0.1) is 6.92 Å². The predicted molar refractivity (Wildman–Crippen MR) is 99.9 cm³/mol. The van der Waals surface area contributed by atoms with Gasteiger partial charge in [-0.2, -0.15) is 0 Å². The second-order valence-corrected chi connectivity index (χ2v) is 6.65. The number of benzene rings is 2. The van der Waals surface area contributed by atoms with Crippen molar-refractivity contribution < 1.29 is 49.9 Å². The molecule has 0 spiro atoms. The van der Waals surface area contributed by atoms with E-state index in [0.29, 0.717) is 12.8 Å². The van der Waals surface area contributed by atoms with Gasteiger partial charge < -0.3 is 22.3 Å². The van der Waals surface area contributed by atoms with Gasteiger partial charge in [-0.05, 0) is 30.9 Å². The standard InChI is InChI=1S/C22H29O2.ClH.Hg/c1-19(24-2)11-9-10-16-22(23,17-20-12-5-3-6-13-20)18-21-14-7-4-8-15-21;;/h3-8,12-15,19,23H,1,9-11,16-18H2,2H3;1H;/q;;+1/p-1. The van der Waals surface area contributed by atoms with E-state index in [1.807, 2.05) is 36.4 Å². The molecule has 0 amide bonds. The summed E-state index contributed by atoms with van der Waals surface area (Å²) in [6.45, 7) is 3.94. The summed E-state index contributed by atoms with van der Waals surface area (Å²) in [6.07, 6.45) is 5.12. The molecule has 0 fully saturated rings. The van der Waals surface area contributed by atoms with Crippen LogP contribution in [-0.4, -0.2) is 23.9 Å². The van der Waals surface area contributed by atoms with E-state index in [2.05, 4.69) is 31.2 Å². The van der Waals surface area contributed by atoms with Crippen LogP contribution >= 0.6 is 0 Å². The summed E-state index contributed by atoms with van der Waals surface area (Å²) >= 11 is 0. The van der Waals surface area contributed by atoms with E-state index in [1.165, 1.54) is 11.1 Å². The van der Waals surface area contributed by atoms with Crippen LogP contribution in [0.5, 0.6) is 0 Å². The summed E-state index contributed by atoms with van der Waals surface area (Å²) in [7, 11) is 1.69. The Labute approximate surface area is 185 Å². The Hall–Kier alpha value is -0.415. The molecule has 0 aliphatic carbocycles. The zero-order chi connectivity index (χ0) is 17.3. The Balaban J connectivity index is 0.00000312. The maximum Gasteiger partial charge on any atom is 1.00 e. The Kier molecular flexibility index (Phi) is 13.5. The van der Waals surface area contributed by atoms with E-state index < -0.39 is 5.60 Å². The molecule has 0 aromatic heterocycles. The second-order valence-electron chi connectivity index (χ2n) is 6.65. The quantitative estimate of drug-likeness (QED) is 0.353. The number of rotatable bonds is 10. The molecular formula is C22H29ClHgO2. The molecule has 2 rings (SSSR count). The first-order chi connectivity index (χ1) is 11.6. The predicted octanol–water partition coefficient (Wildman–Crippen LogP) is 1.61. The van der Waals surface area contributed by atoms with Crippen molar-refractivity contribution in [1.82, 2.24) is 0 Å². The molecule has 0 saturated heterocycles. The van der Waals surface area contributed by atoms with Gasteiger partial charge in [0.25, 0.3) is 0 Å². The van der Waals surface area contributed by atoms with Gasteiger partial charge in [-0.15, -0.1) is 0 Å². The minimum absolute atomic E-state index is 0. The maximum absolute atomic E-state index is 11.3. The Morgan fingerprint density at radius 2 is 1.38 bits per heavy atom. The Morgan fingerprint density at radius 1 is 0.923 bits per heavy atom. The van der Waals surface area contributed by atoms with Gasteiger partial charge >= 0.3 is 27.7 Å². The molecule has 0 aliphatic rings. The Morgan fingerprint density at radius 3 is 1.81 bits per heavy atom. The van der Waals surface area contributed by atoms with Gasteiger partial charge in [-0.1, -0.05) is 73.5 Å². The van der Waals surface area contributed by atoms with Crippen molar-refractivity contribution in [2.24, 2.45) is 0 Å². The molecule has 0 bridgehead atoms. The molecule has 138 valence electrons. The van der Waals surface area contributed by atoms with Gasteiger partial charge in [-0.3, -0.25) is 0 Å². The first-order valence-corrected chi connectivity index (χ1v) is 8.77. The van der Waals surface area contributed by atoms with Gasteiger partial charge in [0.15, 0.2) is 0 Å². The van der Waals surface area contributed by atoms with Crippen molar-refractivity contribution in [1.29, 1.82) is 0 Å². The fourth-order valence-corrected chi connectivity index (χ4v) is 3.13. The van der Waals surface area contributed by atoms with Crippen LogP contribution in [0.2, 0.25) is 0 Å². The zero-order valence-electron chi connectivity index (χ0n) is 15.7. The summed E-state index contributed by atoms with van der Waals surface area (Å²) in [5.74, 6) is 0. The zero-order valence-corrected chi connectivity index (χ0v) is 22.0. The van der Waals surface area contributed by atoms with Crippen LogP contribution in [0.3, 0.4) is 0 Å². The fraction of sp³-hybridized carbons (Fsp3) is 0.409. The molecule has 0 saturated carbocycles. The third-order valence-electron chi connectivity index (χ3n) is 4.50. The molecule has 1 atom stereocenters. The van der Waals surface area contributed by atoms with Crippen LogP contribution in [-0.2, 0) is 45.2 Å². The number of ether oxygens (including phenoxy) is 1. The fourth-order valence-electron chi connectivity index (χ4n) is 3.13. The first kappa shape index (κ1) is 25.6. The average Bonchev–Trinajstić information content (AvgIpc) is 2.60. The van der Waals surface area contributed by atoms with E-state index >= 15 is 0 Å². The molecule has 0 aliphatic heterocycles. The molecule has 0 heterocycles. The number of halogens is 1. The molecule has 2 aromatic rings. The van der Waals surface area contributed by atoms with E-state index in [9.17, 15) is 5.11 Å². The molecule has 2 aromatic carbocycles. The molecule has 1 unspecified atom stereocenters. The summed E-state index contributed by atoms with van der Waals surface area (Å²) in [5, 5.41) is 11.3. The number of unbranched alkanes of at least 4 members (excludes halogenated alkanes) is 1. The van der Waals surface area contributed by atoms with Crippen LogP contribution < -0.4 is 12.4 Å². The molecular weight excluding hydrogens is 532 g/mol. The largest absolute Gasteiger partial charge is 1.00 e. The van der Waals surface area contributed by atoms with Gasteiger partial charge in [0.1, 0.15) is 0 Å². The van der Waals surface area contributed by atoms with Crippen molar-refractivity contribution in [2.45, 2.75) is 50.2 Å². The van der Waals surface area contributed by atoms with Crippen LogP contribution in [0.15, 0.2) is 60.7 Å². The van der Waals surface area contributed by atoms with Crippen LogP contribution in [0.4, 0.5) is 0 Å². The van der Waals surface area contributed by atoms with E-state index in [4.69, 9.17) is 4.74 Å². The second kappa shape index (κ2) is 13.7. The van der Waals surface area contributed by atoms with Crippen molar-refractivity contribution >= 4 is 0 Å². The molecule has 2 nitrogen and oxygen atoms in total. The molecule has 2 radical (unpaired) electrons. The third-order valence-corrected chi connectivity index (χ3v) is 4.50. The minimum atomic E-state index is -0.716. The van der Waals surface area contributed by atoms with Crippen molar-refractivity contribution in [3.8, 4) is 0 Å². The summed E-state index contributed by atoms with van der Waals surface area (Å²) in [5.41, 5.74) is 1.65. The van der Waals surface area contributed by atoms with E-state index in [-0.39, 0.29) is 46.2 Å². The van der Waals surface area contributed by atoms with Crippen LogP contribution in [0.25, 0.3) is 0 Å². The molecule has 1 N–H and O–H groups in total. The summed E-state index contributed by atoms with van der Waals surface area (Å²) in [4.78, 5) is 0. The summed E-state index contributed by atoms with van der Waals surface area (Å²) in [6, 6.07) is 20.5.